The molecule has 0 aliphatic carbocycles. The lowest BCUT2D eigenvalue weighted by molar-refractivity contribution is -0.0436. The Labute approximate surface area is 120 Å². The van der Waals surface area contributed by atoms with Crippen molar-refractivity contribution in [3.05, 3.63) is 18.0 Å². The monoisotopic (exact) mass is 295 g/mol. The lowest BCUT2D eigenvalue weighted by Gasteiger charge is -2.16. The molecule has 3 heterocycles. The van der Waals surface area contributed by atoms with Gasteiger partial charge in [0.15, 0.2) is 5.16 Å². The SMILES string of the molecule is CSc1ncc2cc(C)n([C@H]3C[C@H](O)[C@@H](CO)O3)c2n1. The fraction of sp³-hybridized carbons (Fsp3) is 0.538. The van der Waals surface area contributed by atoms with E-state index < -0.39 is 12.2 Å². The maximum absolute atomic E-state index is 9.89. The van der Waals surface area contributed by atoms with Gasteiger partial charge in [-0.25, -0.2) is 9.97 Å². The fourth-order valence-corrected chi connectivity index (χ4v) is 2.96. The zero-order valence-corrected chi connectivity index (χ0v) is 12.2. The van der Waals surface area contributed by atoms with Crippen molar-refractivity contribution in [2.75, 3.05) is 12.9 Å². The summed E-state index contributed by atoms with van der Waals surface area (Å²) in [4.78, 5) is 8.79. The minimum Gasteiger partial charge on any atom is -0.394 e. The van der Waals surface area contributed by atoms with Crippen LogP contribution in [0.25, 0.3) is 11.0 Å². The highest BCUT2D eigenvalue weighted by Crippen LogP contribution is 2.33. The molecule has 3 rings (SSSR count). The number of aryl methyl sites for hydroxylation is 1. The van der Waals surface area contributed by atoms with Crippen LogP contribution in [0.5, 0.6) is 0 Å². The van der Waals surface area contributed by atoms with Crippen LogP contribution >= 0.6 is 11.8 Å². The van der Waals surface area contributed by atoms with Gasteiger partial charge in [0.1, 0.15) is 18.0 Å². The molecule has 2 aromatic rings. The summed E-state index contributed by atoms with van der Waals surface area (Å²) in [6, 6.07) is 2.00. The molecule has 0 radical (unpaired) electrons. The molecule has 1 aliphatic heterocycles. The normalized spacial score (nSPS) is 26.5. The fourth-order valence-electron chi connectivity index (χ4n) is 2.62. The standard InChI is InChI=1S/C13H17N3O3S/c1-7-3-8-5-14-13(20-2)15-12(8)16(7)11-4-9(18)10(6-17)19-11/h3,5,9-11,17-18H,4,6H2,1-2H3/t9-,10+,11+/m0/s1. The number of aromatic nitrogens is 3. The third-order valence-electron chi connectivity index (χ3n) is 3.60. The molecule has 2 aromatic heterocycles. The average Bonchev–Trinajstić information content (AvgIpc) is 2.96. The highest BCUT2D eigenvalue weighted by molar-refractivity contribution is 7.98. The summed E-state index contributed by atoms with van der Waals surface area (Å²) in [6.45, 7) is 1.80. The van der Waals surface area contributed by atoms with Crippen LogP contribution in [0.15, 0.2) is 17.4 Å². The van der Waals surface area contributed by atoms with Gasteiger partial charge in [-0.1, -0.05) is 11.8 Å². The Morgan fingerprint density at radius 2 is 2.35 bits per heavy atom. The Hall–Kier alpha value is -1.15. The quantitative estimate of drug-likeness (QED) is 0.652. The summed E-state index contributed by atoms with van der Waals surface area (Å²) in [6.07, 6.45) is 2.70. The van der Waals surface area contributed by atoms with E-state index in [0.717, 1.165) is 16.7 Å². The number of ether oxygens (including phenoxy) is 1. The van der Waals surface area contributed by atoms with Gasteiger partial charge >= 0.3 is 0 Å². The highest BCUT2D eigenvalue weighted by atomic mass is 32.2. The van der Waals surface area contributed by atoms with E-state index in [0.29, 0.717) is 11.6 Å². The minimum atomic E-state index is -0.649. The van der Waals surface area contributed by atoms with Crippen molar-refractivity contribution in [3.63, 3.8) is 0 Å². The molecule has 0 unspecified atom stereocenters. The lowest BCUT2D eigenvalue weighted by Crippen LogP contribution is -2.24. The third kappa shape index (κ3) is 2.20. The highest BCUT2D eigenvalue weighted by Gasteiger charge is 2.35. The largest absolute Gasteiger partial charge is 0.394 e. The smallest absolute Gasteiger partial charge is 0.189 e. The predicted octanol–water partition coefficient (Wildman–Crippen LogP) is 1.10. The van der Waals surface area contributed by atoms with E-state index in [9.17, 15) is 10.2 Å². The first kappa shape index (κ1) is 13.8. The van der Waals surface area contributed by atoms with Crippen molar-refractivity contribution in [1.29, 1.82) is 0 Å². The van der Waals surface area contributed by atoms with Crippen LogP contribution in [-0.2, 0) is 4.74 Å². The molecule has 0 bridgehead atoms. The van der Waals surface area contributed by atoms with Gasteiger partial charge in [0.2, 0.25) is 0 Å². The number of rotatable bonds is 3. The molecule has 1 fully saturated rings. The average molecular weight is 295 g/mol. The molecule has 7 heteroatoms. The molecule has 0 saturated carbocycles. The van der Waals surface area contributed by atoms with Crippen LogP contribution in [0.3, 0.4) is 0 Å². The summed E-state index contributed by atoms with van der Waals surface area (Å²) < 4.78 is 7.69. The van der Waals surface area contributed by atoms with E-state index in [2.05, 4.69) is 9.97 Å². The zero-order chi connectivity index (χ0) is 14.3. The van der Waals surface area contributed by atoms with Crippen molar-refractivity contribution in [2.45, 2.75) is 36.9 Å². The first-order valence-corrected chi connectivity index (χ1v) is 7.69. The molecular formula is C13H17N3O3S. The van der Waals surface area contributed by atoms with E-state index in [1.807, 2.05) is 23.8 Å². The van der Waals surface area contributed by atoms with Crippen molar-refractivity contribution < 1.29 is 14.9 Å². The van der Waals surface area contributed by atoms with Crippen LogP contribution in [0, 0.1) is 6.92 Å². The number of hydrogen-bond acceptors (Lipinski definition) is 6. The maximum atomic E-state index is 9.89. The van der Waals surface area contributed by atoms with Gasteiger partial charge in [-0.15, -0.1) is 0 Å². The first-order valence-electron chi connectivity index (χ1n) is 6.47. The Balaban J connectivity index is 2.04. The Bertz CT molecular complexity index is 631. The molecule has 1 aliphatic rings. The second-order valence-electron chi connectivity index (χ2n) is 4.91. The predicted molar refractivity (Wildman–Crippen MR) is 75.7 cm³/mol. The lowest BCUT2D eigenvalue weighted by atomic mass is 10.2. The van der Waals surface area contributed by atoms with Crippen LogP contribution in [0.1, 0.15) is 18.3 Å². The summed E-state index contributed by atoms with van der Waals surface area (Å²) in [5.41, 5.74) is 1.81. The molecule has 0 amide bonds. The molecule has 0 spiro atoms. The van der Waals surface area contributed by atoms with E-state index in [-0.39, 0.29) is 12.8 Å². The second-order valence-corrected chi connectivity index (χ2v) is 5.68. The number of aliphatic hydroxyl groups is 2. The van der Waals surface area contributed by atoms with Gasteiger partial charge < -0.3 is 19.5 Å². The van der Waals surface area contributed by atoms with Gasteiger partial charge in [0.05, 0.1) is 12.7 Å². The van der Waals surface area contributed by atoms with Crippen LogP contribution in [0.4, 0.5) is 0 Å². The van der Waals surface area contributed by atoms with E-state index >= 15 is 0 Å². The van der Waals surface area contributed by atoms with Crippen LogP contribution in [-0.4, -0.2) is 49.8 Å². The topological polar surface area (TPSA) is 80.4 Å². The molecule has 3 atom stereocenters. The number of thioether (sulfide) groups is 1. The van der Waals surface area contributed by atoms with Gasteiger partial charge in [-0.05, 0) is 19.2 Å². The van der Waals surface area contributed by atoms with Crippen molar-refractivity contribution in [3.8, 4) is 0 Å². The van der Waals surface area contributed by atoms with Crippen molar-refractivity contribution in [1.82, 2.24) is 14.5 Å². The summed E-state index contributed by atoms with van der Waals surface area (Å²) in [7, 11) is 0. The third-order valence-corrected chi connectivity index (χ3v) is 4.16. The van der Waals surface area contributed by atoms with E-state index in [4.69, 9.17) is 4.74 Å². The Morgan fingerprint density at radius 3 is 3.00 bits per heavy atom. The first-order chi connectivity index (χ1) is 9.63. The van der Waals surface area contributed by atoms with E-state index in [1.165, 1.54) is 11.8 Å². The van der Waals surface area contributed by atoms with Gasteiger partial charge in [0, 0.05) is 23.7 Å². The molecule has 6 nitrogen and oxygen atoms in total. The van der Waals surface area contributed by atoms with Gasteiger partial charge in [-0.3, -0.25) is 0 Å². The second kappa shape index (κ2) is 5.33. The summed E-state index contributed by atoms with van der Waals surface area (Å²) in [5, 5.41) is 20.7. The van der Waals surface area contributed by atoms with Crippen molar-refractivity contribution >= 4 is 22.8 Å². The van der Waals surface area contributed by atoms with Crippen molar-refractivity contribution in [2.24, 2.45) is 0 Å². The van der Waals surface area contributed by atoms with E-state index in [1.54, 1.807) is 6.20 Å². The molecule has 1 saturated heterocycles. The number of fused-ring (bicyclic) bond motifs is 1. The summed E-state index contributed by atoms with van der Waals surface area (Å²) in [5.74, 6) is 0. The maximum Gasteiger partial charge on any atom is 0.189 e. The number of hydrogen-bond donors (Lipinski definition) is 2. The Morgan fingerprint density at radius 1 is 1.55 bits per heavy atom. The summed E-state index contributed by atoms with van der Waals surface area (Å²) >= 11 is 1.48. The molecular weight excluding hydrogens is 278 g/mol. The Kier molecular flexibility index (Phi) is 3.68. The van der Waals surface area contributed by atoms with Gasteiger partial charge in [0.25, 0.3) is 0 Å². The molecule has 2 N–H and O–H groups in total. The minimum absolute atomic E-state index is 0.180. The molecule has 108 valence electrons. The molecule has 0 aromatic carbocycles. The number of aliphatic hydroxyl groups excluding tert-OH is 2. The van der Waals surface area contributed by atoms with Crippen LogP contribution in [0.2, 0.25) is 0 Å². The molecule has 20 heavy (non-hydrogen) atoms. The zero-order valence-electron chi connectivity index (χ0n) is 11.4. The number of nitrogens with zero attached hydrogens (tertiary/aromatic N) is 3. The van der Waals surface area contributed by atoms with Crippen LogP contribution < -0.4 is 0 Å². The van der Waals surface area contributed by atoms with Gasteiger partial charge in [-0.2, -0.15) is 0 Å².